The van der Waals surface area contributed by atoms with Gasteiger partial charge in [-0.05, 0) is 66.1 Å². The molecule has 0 bridgehead atoms. The molecule has 5 rings (SSSR count). The summed E-state index contributed by atoms with van der Waals surface area (Å²) in [6, 6.07) is 24.9. The number of rotatable bonds is 9. The molecule has 4 aromatic rings. The van der Waals surface area contributed by atoms with Crippen molar-refractivity contribution in [2.75, 3.05) is 48.4 Å². The maximum atomic E-state index is 13.5. The zero-order chi connectivity index (χ0) is 28.6. The maximum absolute atomic E-state index is 13.5. The molecule has 1 saturated heterocycles. The van der Waals surface area contributed by atoms with Crippen LogP contribution >= 0.6 is 0 Å². The monoisotopic (exact) mass is 549 g/mol. The van der Waals surface area contributed by atoms with Crippen LogP contribution in [0.2, 0.25) is 0 Å². The summed E-state index contributed by atoms with van der Waals surface area (Å²) in [4.78, 5) is 35.2. The van der Waals surface area contributed by atoms with Gasteiger partial charge in [0.15, 0.2) is 0 Å². The highest BCUT2D eigenvalue weighted by atomic mass is 16.5. The Morgan fingerprint density at radius 2 is 1.56 bits per heavy atom. The third kappa shape index (κ3) is 6.66. The van der Waals surface area contributed by atoms with Crippen molar-refractivity contribution in [2.45, 2.75) is 19.9 Å². The Labute approximate surface area is 241 Å². The summed E-state index contributed by atoms with van der Waals surface area (Å²) in [5, 5.41) is 5.99. The van der Waals surface area contributed by atoms with Gasteiger partial charge in [-0.25, -0.2) is 0 Å². The van der Waals surface area contributed by atoms with Crippen LogP contribution in [0.25, 0.3) is 0 Å². The number of amides is 2. The molecule has 8 nitrogen and oxygen atoms in total. The fraction of sp³-hybridized carbons (Fsp3) is 0.242. The van der Waals surface area contributed by atoms with Gasteiger partial charge >= 0.3 is 0 Å². The van der Waals surface area contributed by atoms with Crippen LogP contribution in [0.3, 0.4) is 0 Å². The number of hydrogen-bond acceptors (Lipinski definition) is 6. The number of ether oxygens (including phenoxy) is 1. The van der Waals surface area contributed by atoms with Crippen LogP contribution < -0.4 is 25.2 Å². The van der Waals surface area contributed by atoms with E-state index in [2.05, 4.69) is 38.4 Å². The number of nitrogens with one attached hydrogen (secondary N) is 2. The van der Waals surface area contributed by atoms with Gasteiger partial charge in [-0.15, -0.1) is 0 Å². The molecule has 0 spiro atoms. The number of nitrogens with zero attached hydrogens (tertiary/aromatic N) is 3. The quantitative estimate of drug-likeness (QED) is 0.300. The first-order valence-electron chi connectivity index (χ1n) is 13.9. The number of anilines is 3. The highest BCUT2D eigenvalue weighted by molar-refractivity contribution is 6.06. The molecule has 0 unspecified atom stereocenters. The fourth-order valence-electron chi connectivity index (χ4n) is 5.03. The molecule has 1 aromatic heterocycles. The highest BCUT2D eigenvalue weighted by Gasteiger charge is 2.24. The summed E-state index contributed by atoms with van der Waals surface area (Å²) in [5.41, 5.74) is 5.63. The third-order valence-electron chi connectivity index (χ3n) is 7.35. The Bertz CT molecular complexity index is 1480. The molecule has 2 amide bonds. The molecule has 0 aliphatic carbocycles. The molecular formula is C33H35N5O3. The Kier molecular flexibility index (Phi) is 8.79. The number of hydrogen-bond donors (Lipinski definition) is 2. The van der Waals surface area contributed by atoms with Gasteiger partial charge in [-0.1, -0.05) is 37.3 Å². The molecule has 1 aliphatic rings. The molecule has 2 N–H and O–H groups in total. The van der Waals surface area contributed by atoms with E-state index in [1.165, 1.54) is 5.56 Å². The second kappa shape index (κ2) is 13.0. The van der Waals surface area contributed by atoms with Crippen molar-refractivity contribution in [2.24, 2.45) is 0 Å². The lowest BCUT2D eigenvalue weighted by Gasteiger charge is -2.38. The first kappa shape index (κ1) is 27.7. The minimum Gasteiger partial charge on any atom is -0.495 e. The van der Waals surface area contributed by atoms with E-state index in [9.17, 15) is 9.59 Å². The van der Waals surface area contributed by atoms with E-state index in [1.807, 2.05) is 66.7 Å². The van der Waals surface area contributed by atoms with E-state index < -0.39 is 0 Å². The summed E-state index contributed by atoms with van der Waals surface area (Å²) in [7, 11) is 1.69. The number of piperazine rings is 1. The molecule has 3 aromatic carbocycles. The lowest BCUT2D eigenvalue weighted by Crippen LogP contribution is -2.47. The van der Waals surface area contributed by atoms with E-state index in [-0.39, 0.29) is 11.8 Å². The molecule has 1 aliphatic heterocycles. The molecule has 0 radical (unpaired) electrons. The van der Waals surface area contributed by atoms with Crippen LogP contribution in [0.15, 0.2) is 91.3 Å². The smallest absolute Gasteiger partial charge is 0.255 e. The molecule has 1 fully saturated rings. The number of benzene rings is 3. The van der Waals surface area contributed by atoms with E-state index >= 15 is 0 Å². The average Bonchev–Trinajstić information content (AvgIpc) is 3.04. The number of aryl methyl sites for hydroxylation is 1. The third-order valence-corrected chi connectivity index (χ3v) is 7.35. The van der Waals surface area contributed by atoms with Gasteiger partial charge in [0.2, 0.25) is 0 Å². The second-order valence-electron chi connectivity index (χ2n) is 9.93. The first-order chi connectivity index (χ1) is 20.1. The van der Waals surface area contributed by atoms with Crippen LogP contribution in [-0.4, -0.2) is 50.1 Å². The van der Waals surface area contributed by atoms with Crippen molar-refractivity contribution >= 4 is 28.9 Å². The standard InChI is InChI=1S/C33H35N5O3/c1-3-24-10-12-26(13-11-24)32(39)36-27-14-15-29(28(21-27)33(40)35-23-25-7-6-16-34-22-25)37-17-19-38(20-18-37)30-8-4-5-9-31(30)41-2/h4-16,21-22H,3,17-20,23H2,1-2H3,(H,35,40)(H,36,39). The van der Waals surface area contributed by atoms with Crippen molar-refractivity contribution in [3.8, 4) is 5.75 Å². The molecule has 0 atom stereocenters. The van der Waals surface area contributed by atoms with Gasteiger partial charge in [0, 0.05) is 62.1 Å². The number of methoxy groups -OCH3 is 1. The molecule has 41 heavy (non-hydrogen) atoms. The Balaban J connectivity index is 1.36. The minimum atomic E-state index is -0.215. The van der Waals surface area contributed by atoms with E-state index in [0.29, 0.717) is 23.4 Å². The SMILES string of the molecule is CCc1ccc(C(=O)Nc2ccc(N3CCN(c4ccccc4OC)CC3)c(C(=O)NCc3cccnc3)c2)cc1. The van der Waals surface area contributed by atoms with Gasteiger partial charge in [0.25, 0.3) is 11.8 Å². The first-order valence-corrected chi connectivity index (χ1v) is 13.9. The molecule has 8 heteroatoms. The maximum Gasteiger partial charge on any atom is 0.255 e. The summed E-state index contributed by atoms with van der Waals surface area (Å²) < 4.78 is 5.57. The summed E-state index contributed by atoms with van der Waals surface area (Å²) in [6.07, 6.45) is 4.35. The molecule has 0 saturated carbocycles. The predicted molar refractivity (Wildman–Crippen MR) is 163 cm³/mol. The topological polar surface area (TPSA) is 86.8 Å². The molecular weight excluding hydrogens is 514 g/mol. The molecule has 210 valence electrons. The van der Waals surface area contributed by atoms with Gasteiger partial charge in [-0.3, -0.25) is 14.6 Å². The fourth-order valence-corrected chi connectivity index (χ4v) is 5.03. The van der Waals surface area contributed by atoms with Crippen molar-refractivity contribution in [1.29, 1.82) is 0 Å². The lowest BCUT2D eigenvalue weighted by atomic mass is 10.1. The number of aromatic nitrogens is 1. The van der Waals surface area contributed by atoms with Crippen LogP contribution in [0.5, 0.6) is 5.75 Å². The van der Waals surface area contributed by atoms with Crippen LogP contribution in [0.4, 0.5) is 17.1 Å². The van der Waals surface area contributed by atoms with Gasteiger partial charge < -0.3 is 25.2 Å². The number of pyridine rings is 1. The zero-order valence-corrected chi connectivity index (χ0v) is 23.5. The van der Waals surface area contributed by atoms with E-state index in [4.69, 9.17) is 4.74 Å². The number of para-hydroxylation sites is 2. The largest absolute Gasteiger partial charge is 0.495 e. The van der Waals surface area contributed by atoms with E-state index in [1.54, 1.807) is 25.6 Å². The van der Waals surface area contributed by atoms with Crippen molar-refractivity contribution in [1.82, 2.24) is 10.3 Å². The Hall–Kier alpha value is -4.85. The summed E-state index contributed by atoms with van der Waals surface area (Å²) in [6.45, 7) is 5.46. The molecule has 2 heterocycles. The van der Waals surface area contributed by atoms with Crippen molar-refractivity contribution in [3.05, 3.63) is 114 Å². The predicted octanol–water partition coefficient (Wildman–Crippen LogP) is 5.16. The normalized spacial score (nSPS) is 13.0. The number of carbonyl (C=O) groups excluding carboxylic acids is 2. The van der Waals surface area contributed by atoms with Crippen LogP contribution in [0, 0.1) is 0 Å². The van der Waals surface area contributed by atoms with Gasteiger partial charge in [0.1, 0.15) is 5.75 Å². The Morgan fingerprint density at radius 3 is 2.24 bits per heavy atom. The van der Waals surface area contributed by atoms with Crippen molar-refractivity contribution < 1.29 is 14.3 Å². The average molecular weight is 550 g/mol. The second-order valence-corrected chi connectivity index (χ2v) is 9.93. The van der Waals surface area contributed by atoms with E-state index in [0.717, 1.165) is 55.3 Å². The van der Waals surface area contributed by atoms with Gasteiger partial charge in [-0.2, -0.15) is 0 Å². The minimum absolute atomic E-state index is 0.209. The van der Waals surface area contributed by atoms with Gasteiger partial charge in [0.05, 0.1) is 18.4 Å². The lowest BCUT2D eigenvalue weighted by molar-refractivity contribution is 0.0950. The highest BCUT2D eigenvalue weighted by Crippen LogP contribution is 2.31. The van der Waals surface area contributed by atoms with Crippen molar-refractivity contribution in [3.63, 3.8) is 0 Å². The summed E-state index contributed by atoms with van der Waals surface area (Å²) >= 11 is 0. The zero-order valence-electron chi connectivity index (χ0n) is 23.5. The number of carbonyl (C=O) groups is 2. The summed E-state index contributed by atoms with van der Waals surface area (Å²) in [5.74, 6) is 0.424. The van der Waals surface area contributed by atoms with Crippen LogP contribution in [0.1, 0.15) is 38.8 Å². The Morgan fingerprint density at radius 1 is 0.829 bits per heavy atom. The van der Waals surface area contributed by atoms with Crippen LogP contribution in [-0.2, 0) is 13.0 Å².